The van der Waals surface area contributed by atoms with Crippen molar-refractivity contribution in [1.82, 2.24) is 10.6 Å². The molecule has 17 heavy (non-hydrogen) atoms. The number of allylic oxidation sites excluding steroid dienone is 1. The number of carbonyl (C=O) groups is 1. The van der Waals surface area contributed by atoms with Crippen molar-refractivity contribution in [3.63, 3.8) is 0 Å². The van der Waals surface area contributed by atoms with Gasteiger partial charge in [0, 0.05) is 7.05 Å². The molecule has 1 amide bonds. The predicted molar refractivity (Wildman–Crippen MR) is 77.7 cm³/mol. The summed E-state index contributed by atoms with van der Waals surface area (Å²) in [5, 5.41) is 6.17. The second-order valence-corrected chi connectivity index (χ2v) is 4.69. The summed E-state index contributed by atoms with van der Waals surface area (Å²) in [7, 11) is 1.80. The van der Waals surface area contributed by atoms with Gasteiger partial charge in [-0.25, -0.2) is 0 Å². The van der Waals surface area contributed by atoms with Crippen LogP contribution >= 0.6 is 36.6 Å². The van der Waals surface area contributed by atoms with Crippen LogP contribution in [0.2, 0.25) is 0 Å². The maximum Gasteiger partial charge on any atom is 0.311 e. The van der Waals surface area contributed by atoms with Crippen LogP contribution in [-0.4, -0.2) is 31.2 Å². The standard InChI is InChI=1S/C10H15N3OS.2ClH/c1-11-9-8(15-10(14)13-9)6-7-2-4-12-5-3-7;;/h6-7,12H,2-5H2,1H3,(H,11,13,14);2*1H/b8-6-;;. The SMILES string of the molecule is CNC1=NC(=O)S/C1=C\C1CCNCC1.Cl.Cl. The Morgan fingerprint density at radius 2 is 2.06 bits per heavy atom. The largest absolute Gasteiger partial charge is 0.372 e. The highest BCUT2D eigenvalue weighted by molar-refractivity contribution is 8.18. The minimum atomic E-state index is -0.112. The molecule has 1 saturated heterocycles. The molecule has 2 heterocycles. The number of hydrogen-bond donors (Lipinski definition) is 2. The Labute approximate surface area is 118 Å². The Bertz CT molecular complexity index is 328. The first-order valence-corrected chi connectivity index (χ1v) is 6.02. The molecule has 0 atom stereocenters. The molecule has 2 rings (SSSR count). The number of hydrogen-bond acceptors (Lipinski definition) is 4. The van der Waals surface area contributed by atoms with Crippen molar-refractivity contribution in [3.8, 4) is 0 Å². The zero-order chi connectivity index (χ0) is 10.7. The monoisotopic (exact) mass is 297 g/mol. The average molecular weight is 298 g/mol. The molecule has 98 valence electrons. The number of carbonyl (C=O) groups excluding carboxylic acids is 1. The van der Waals surface area contributed by atoms with Crippen LogP contribution in [0.15, 0.2) is 16.0 Å². The van der Waals surface area contributed by atoms with E-state index in [1.165, 1.54) is 11.8 Å². The number of nitrogens with zero attached hydrogens (tertiary/aromatic N) is 1. The fourth-order valence-corrected chi connectivity index (χ4v) is 2.66. The van der Waals surface area contributed by atoms with Gasteiger partial charge in [0.1, 0.15) is 5.84 Å². The van der Waals surface area contributed by atoms with Gasteiger partial charge in [0.15, 0.2) is 0 Å². The molecule has 0 saturated carbocycles. The molecule has 0 aliphatic carbocycles. The zero-order valence-electron chi connectivity index (χ0n) is 9.56. The summed E-state index contributed by atoms with van der Waals surface area (Å²) in [5.41, 5.74) is 0. The maximum atomic E-state index is 11.1. The lowest BCUT2D eigenvalue weighted by Gasteiger charge is -2.19. The van der Waals surface area contributed by atoms with Gasteiger partial charge in [-0.1, -0.05) is 6.08 Å². The highest BCUT2D eigenvalue weighted by atomic mass is 35.5. The van der Waals surface area contributed by atoms with Crippen molar-refractivity contribution in [1.29, 1.82) is 0 Å². The van der Waals surface area contributed by atoms with E-state index in [4.69, 9.17) is 0 Å². The van der Waals surface area contributed by atoms with Crippen LogP contribution in [-0.2, 0) is 0 Å². The van der Waals surface area contributed by atoms with Crippen LogP contribution in [0.4, 0.5) is 4.79 Å². The number of piperidine rings is 1. The first-order chi connectivity index (χ1) is 7.29. The summed E-state index contributed by atoms with van der Waals surface area (Å²) < 4.78 is 0. The molecule has 0 aromatic heterocycles. The first kappa shape index (κ1) is 16.8. The Kier molecular flexibility index (Phi) is 7.87. The molecule has 2 aliphatic rings. The predicted octanol–water partition coefficient (Wildman–Crippen LogP) is 2.20. The van der Waals surface area contributed by atoms with Crippen LogP contribution in [0.1, 0.15) is 12.8 Å². The van der Waals surface area contributed by atoms with Crippen molar-refractivity contribution in [2.45, 2.75) is 12.8 Å². The first-order valence-electron chi connectivity index (χ1n) is 5.21. The van der Waals surface area contributed by atoms with Gasteiger partial charge in [-0.15, -0.1) is 24.8 Å². The third kappa shape index (κ3) is 4.50. The van der Waals surface area contributed by atoms with Crippen LogP contribution in [0.5, 0.6) is 0 Å². The summed E-state index contributed by atoms with van der Waals surface area (Å²) in [6, 6.07) is 0. The molecule has 1 fully saturated rings. The van der Waals surface area contributed by atoms with E-state index in [-0.39, 0.29) is 30.1 Å². The quantitative estimate of drug-likeness (QED) is 0.779. The van der Waals surface area contributed by atoms with Crippen LogP contribution in [0.3, 0.4) is 0 Å². The summed E-state index contributed by atoms with van der Waals surface area (Å²) in [5.74, 6) is 1.31. The second kappa shape index (κ2) is 7.97. The average Bonchev–Trinajstić information content (AvgIpc) is 2.60. The van der Waals surface area contributed by atoms with Gasteiger partial charge in [0.25, 0.3) is 0 Å². The third-order valence-corrected chi connectivity index (χ3v) is 3.46. The minimum Gasteiger partial charge on any atom is -0.372 e. The van der Waals surface area contributed by atoms with Crippen molar-refractivity contribution in [2.75, 3.05) is 20.1 Å². The van der Waals surface area contributed by atoms with Crippen molar-refractivity contribution in [2.24, 2.45) is 10.9 Å². The number of aliphatic imine (C=N–C) groups is 1. The fraction of sp³-hybridized carbons (Fsp3) is 0.600. The Hall–Kier alpha value is -0.230. The Morgan fingerprint density at radius 1 is 1.41 bits per heavy atom. The topological polar surface area (TPSA) is 53.5 Å². The van der Waals surface area contributed by atoms with E-state index < -0.39 is 0 Å². The molecule has 4 nitrogen and oxygen atoms in total. The van der Waals surface area contributed by atoms with Crippen molar-refractivity contribution >= 4 is 47.7 Å². The second-order valence-electron chi connectivity index (χ2n) is 3.70. The maximum absolute atomic E-state index is 11.1. The summed E-state index contributed by atoms with van der Waals surface area (Å²) in [4.78, 5) is 16.0. The lowest BCUT2D eigenvalue weighted by Crippen LogP contribution is -2.27. The highest BCUT2D eigenvalue weighted by Gasteiger charge is 2.22. The van der Waals surface area contributed by atoms with E-state index in [1.54, 1.807) is 7.05 Å². The third-order valence-electron chi connectivity index (χ3n) is 2.64. The van der Waals surface area contributed by atoms with Crippen LogP contribution < -0.4 is 10.6 Å². The molecule has 0 aromatic carbocycles. The molecule has 0 bridgehead atoms. The van der Waals surface area contributed by atoms with Gasteiger partial charge in [-0.3, -0.25) is 4.79 Å². The number of halogens is 2. The summed E-state index contributed by atoms with van der Waals surface area (Å²) in [6.45, 7) is 2.14. The smallest absolute Gasteiger partial charge is 0.311 e. The molecule has 0 radical (unpaired) electrons. The molecule has 7 heteroatoms. The van der Waals surface area contributed by atoms with Gasteiger partial charge in [-0.05, 0) is 43.6 Å². The highest BCUT2D eigenvalue weighted by Crippen LogP contribution is 2.29. The van der Waals surface area contributed by atoms with Gasteiger partial charge in [-0.2, -0.15) is 4.99 Å². The van der Waals surface area contributed by atoms with E-state index in [9.17, 15) is 4.79 Å². The van der Waals surface area contributed by atoms with Gasteiger partial charge in [0.05, 0.1) is 4.91 Å². The number of nitrogens with one attached hydrogen (secondary N) is 2. The van der Waals surface area contributed by atoms with E-state index in [1.807, 2.05) is 0 Å². The van der Waals surface area contributed by atoms with Crippen molar-refractivity contribution < 1.29 is 4.79 Å². The molecular weight excluding hydrogens is 281 g/mol. The number of rotatable bonds is 1. The van der Waals surface area contributed by atoms with E-state index in [0.717, 1.165) is 36.7 Å². The molecule has 0 aromatic rings. The van der Waals surface area contributed by atoms with Gasteiger partial charge in [0.2, 0.25) is 0 Å². The van der Waals surface area contributed by atoms with Crippen LogP contribution in [0, 0.1) is 5.92 Å². The summed E-state index contributed by atoms with van der Waals surface area (Å²) >= 11 is 1.23. The van der Waals surface area contributed by atoms with Crippen molar-refractivity contribution in [3.05, 3.63) is 11.0 Å². The van der Waals surface area contributed by atoms with Crippen LogP contribution in [0.25, 0.3) is 0 Å². The molecule has 2 N–H and O–H groups in total. The normalized spacial score (nSPS) is 22.8. The number of thioether (sulfide) groups is 1. The number of likely N-dealkylation sites (N-methyl/N-ethyl adjacent to an activating group) is 1. The fourth-order valence-electron chi connectivity index (χ4n) is 1.83. The lowest BCUT2D eigenvalue weighted by atomic mass is 9.97. The summed E-state index contributed by atoms with van der Waals surface area (Å²) in [6.07, 6.45) is 4.48. The lowest BCUT2D eigenvalue weighted by molar-refractivity contribution is 0.268. The number of amidine groups is 1. The molecular formula is C10H17Cl2N3OS. The zero-order valence-corrected chi connectivity index (χ0v) is 12.0. The van der Waals surface area contributed by atoms with E-state index >= 15 is 0 Å². The molecule has 0 unspecified atom stereocenters. The Morgan fingerprint density at radius 3 is 2.65 bits per heavy atom. The minimum absolute atomic E-state index is 0. The van der Waals surface area contributed by atoms with E-state index in [2.05, 4.69) is 21.7 Å². The molecule has 0 spiro atoms. The molecule has 2 aliphatic heterocycles. The number of amides is 1. The Balaban J connectivity index is 0.00000128. The van der Waals surface area contributed by atoms with E-state index in [0.29, 0.717) is 5.92 Å². The van der Waals surface area contributed by atoms with Gasteiger partial charge >= 0.3 is 5.24 Å². The van der Waals surface area contributed by atoms with Gasteiger partial charge < -0.3 is 10.6 Å².